The van der Waals surface area contributed by atoms with E-state index in [1.165, 1.54) is 40.1 Å². The molecule has 0 N–H and O–H groups in total. The first-order chi connectivity index (χ1) is 15.1. The van der Waals surface area contributed by atoms with Crippen molar-refractivity contribution in [2.75, 3.05) is 19.6 Å². The lowest BCUT2D eigenvalue weighted by Crippen LogP contribution is -2.48. The summed E-state index contributed by atoms with van der Waals surface area (Å²) in [6.07, 6.45) is -4.80. The van der Waals surface area contributed by atoms with Crippen molar-refractivity contribution in [1.82, 2.24) is 9.80 Å². The molecular formula is C22H19F5N2O3. The molecule has 10 heteroatoms. The molecule has 0 atom stereocenters. The van der Waals surface area contributed by atoms with E-state index in [1.807, 2.05) is 0 Å². The van der Waals surface area contributed by atoms with E-state index in [0.29, 0.717) is 0 Å². The monoisotopic (exact) mass is 454 g/mol. The van der Waals surface area contributed by atoms with Crippen molar-refractivity contribution >= 4 is 12.0 Å². The number of hydrogen-bond donors (Lipinski definition) is 0. The Hall–Kier alpha value is -3.17. The van der Waals surface area contributed by atoms with Gasteiger partial charge in [0.25, 0.3) is 5.91 Å². The van der Waals surface area contributed by atoms with Gasteiger partial charge in [-0.25, -0.2) is 13.6 Å². The Morgan fingerprint density at radius 2 is 1.72 bits per heavy atom. The highest BCUT2D eigenvalue weighted by Gasteiger charge is 2.48. The molecule has 0 saturated carbocycles. The first-order valence-corrected chi connectivity index (χ1v) is 9.96. The summed E-state index contributed by atoms with van der Waals surface area (Å²) >= 11 is 0. The van der Waals surface area contributed by atoms with Crippen molar-refractivity contribution in [3.8, 4) is 0 Å². The third kappa shape index (κ3) is 4.13. The summed E-state index contributed by atoms with van der Waals surface area (Å²) in [5.41, 5.74) is -2.18. The molecule has 2 aromatic rings. The van der Waals surface area contributed by atoms with Gasteiger partial charge in [0.1, 0.15) is 5.60 Å². The van der Waals surface area contributed by atoms with Crippen LogP contribution in [0.1, 0.15) is 34.3 Å². The van der Waals surface area contributed by atoms with Gasteiger partial charge < -0.3 is 9.64 Å². The van der Waals surface area contributed by atoms with Gasteiger partial charge in [0.15, 0.2) is 11.6 Å². The van der Waals surface area contributed by atoms with Crippen LogP contribution in [0, 0.1) is 11.6 Å². The number of ether oxygens (including phenoxy) is 1. The summed E-state index contributed by atoms with van der Waals surface area (Å²) in [5.74, 6) is -3.01. The molecule has 2 fully saturated rings. The molecule has 0 radical (unpaired) electrons. The minimum Gasteiger partial charge on any atom is -0.441 e. The largest absolute Gasteiger partial charge is 0.441 e. The summed E-state index contributed by atoms with van der Waals surface area (Å²) in [6.45, 7) is 0.0892. The molecule has 1 spiro atoms. The van der Waals surface area contributed by atoms with Crippen molar-refractivity contribution in [1.29, 1.82) is 0 Å². The number of hydrogen-bond acceptors (Lipinski definition) is 3. The number of likely N-dealkylation sites (tertiary alicyclic amines) is 1. The summed E-state index contributed by atoms with van der Waals surface area (Å²) in [5, 5.41) is 0. The van der Waals surface area contributed by atoms with Gasteiger partial charge in [0.2, 0.25) is 0 Å². The lowest BCUT2D eigenvalue weighted by atomic mass is 9.90. The molecule has 0 bridgehead atoms. The lowest BCUT2D eigenvalue weighted by molar-refractivity contribution is -0.138. The molecule has 2 saturated heterocycles. The number of nitrogens with zero attached hydrogens (tertiary/aromatic N) is 2. The SMILES string of the molecule is O=C1OC2(CCN(C(=O)c3cccc(F)c3F)CC2)CN1Cc1ccccc1C(F)(F)F. The van der Waals surface area contributed by atoms with Crippen LogP contribution >= 0.6 is 0 Å². The van der Waals surface area contributed by atoms with Gasteiger partial charge in [-0.2, -0.15) is 13.2 Å². The van der Waals surface area contributed by atoms with Crippen LogP contribution in [0.5, 0.6) is 0 Å². The Balaban J connectivity index is 1.43. The van der Waals surface area contributed by atoms with Gasteiger partial charge in [-0.3, -0.25) is 9.69 Å². The predicted octanol–water partition coefficient (Wildman–Crippen LogP) is 4.61. The first-order valence-electron chi connectivity index (χ1n) is 9.96. The fraction of sp³-hybridized carbons (Fsp3) is 0.364. The smallest absolute Gasteiger partial charge is 0.416 e. The average molecular weight is 454 g/mol. The maximum Gasteiger partial charge on any atom is 0.416 e. The molecule has 0 unspecified atom stereocenters. The van der Waals surface area contributed by atoms with Crippen molar-refractivity contribution in [2.45, 2.75) is 31.2 Å². The second kappa shape index (κ2) is 8.07. The van der Waals surface area contributed by atoms with Gasteiger partial charge >= 0.3 is 12.3 Å². The Bertz CT molecular complexity index is 1050. The van der Waals surface area contributed by atoms with Crippen LogP contribution in [0.4, 0.5) is 26.7 Å². The van der Waals surface area contributed by atoms with E-state index >= 15 is 0 Å². The molecule has 2 aliphatic rings. The Morgan fingerprint density at radius 1 is 1.03 bits per heavy atom. The Kier molecular flexibility index (Phi) is 5.56. The molecular weight excluding hydrogens is 435 g/mol. The zero-order valence-electron chi connectivity index (χ0n) is 16.8. The van der Waals surface area contributed by atoms with Gasteiger partial charge in [-0.1, -0.05) is 24.3 Å². The van der Waals surface area contributed by atoms with Crippen molar-refractivity contribution < 1.29 is 36.3 Å². The number of carbonyl (C=O) groups is 2. The van der Waals surface area contributed by atoms with E-state index in [-0.39, 0.29) is 50.1 Å². The van der Waals surface area contributed by atoms with Gasteiger partial charge in [0.05, 0.1) is 17.7 Å². The molecule has 2 aromatic carbocycles. The molecule has 5 nitrogen and oxygen atoms in total. The minimum absolute atomic E-state index is 0.0387. The van der Waals surface area contributed by atoms with Crippen LogP contribution in [0.3, 0.4) is 0 Å². The van der Waals surface area contributed by atoms with Gasteiger partial charge in [-0.05, 0) is 23.8 Å². The van der Waals surface area contributed by atoms with Crippen LogP contribution in [-0.2, 0) is 17.5 Å². The summed E-state index contributed by atoms with van der Waals surface area (Å²) in [6, 6.07) is 8.38. The van der Waals surface area contributed by atoms with E-state index in [9.17, 15) is 31.5 Å². The Labute approximate surface area is 180 Å². The highest BCUT2D eigenvalue weighted by molar-refractivity contribution is 5.94. The van der Waals surface area contributed by atoms with Gasteiger partial charge in [-0.15, -0.1) is 0 Å². The van der Waals surface area contributed by atoms with E-state index < -0.39 is 41.0 Å². The number of carbonyl (C=O) groups excluding carboxylic acids is 2. The maximum atomic E-state index is 13.9. The zero-order valence-corrected chi connectivity index (χ0v) is 16.8. The quantitative estimate of drug-likeness (QED) is 0.637. The molecule has 0 aliphatic carbocycles. The fourth-order valence-corrected chi connectivity index (χ4v) is 4.17. The van der Waals surface area contributed by atoms with Crippen molar-refractivity contribution in [3.63, 3.8) is 0 Å². The van der Waals surface area contributed by atoms with Crippen LogP contribution in [-0.4, -0.2) is 47.0 Å². The summed E-state index contributed by atoms with van der Waals surface area (Å²) in [7, 11) is 0. The van der Waals surface area contributed by atoms with Crippen LogP contribution in [0.15, 0.2) is 42.5 Å². The molecule has 170 valence electrons. The highest BCUT2D eigenvalue weighted by Crippen LogP contribution is 2.37. The molecule has 0 aromatic heterocycles. The predicted molar refractivity (Wildman–Crippen MR) is 103 cm³/mol. The number of alkyl halides is 3. The number of amides is 2. The molecule has 4 rings (SSSR count). The second-order valence-electron chi connectivity index (χ2n) is 7.96. The molecule has 2 amide bonds. The van der Waals surface area contributed by atoms with E-state index in [1.54, 1.807) is 0 Å². The molecule has 2 aliphatic heterocycles. The van der Waals surface area contributed by atoms with E-state index in [0.717, 1.165) is 12.1 Å². The summed E-state index contributed by atoms with van der Waals surface area (Å²) < 4.78 is 72.7. The number of halogens is 5. The number of benzene rings is 2. The van der Waals surface area contributed by atoms with E-state index in [2.05, 4.69) is 0 Å². The third-order valence-corrected chi connectivity index (χ3v) is 5.87. The lowest BCUT2D eigenvalue weighted by Gasteiger charge is -2.37. The topological polar surface area (TPSA) is 49.9 Å². The average Bonchev–Trinajstić information content (AvgIpc) is 3.04. The summed E-state index contributed by atoms with van der Waals surface area (Å²) in [4.78, 5) is 27.5. The van der Waals surface area contributed by atoms with Crippen LogP contribution < -0.4 is 0 Å². The van der Waals surface area contributed by atoms with Crippen molar-refractivity contribution in [2.24, 2.45) is 0 Å². The number of rotatable bonds is 3. The minimum atomic E-state index is -4.55. The molecule has 2 heterocycles. The normalized spacial score (nSPS) is 18.2. The fourth-order valence-electron chi connectivity index (χ4n) is 4.17. The van der Waals surface area contributed by atoms with Crippen LogP contribution in [0.25, 0.3) is 0 Å². The van der Waals surface area contributed by atoms with Crippen molar-refractivity contribution in [3.05, 3.63) is 70.8 Å². The zero-order chi connectivity index (χ0) is 23.1. The van der Waals surface area contributed by atoms with E-state index in [4.69, 9.17) is 4.74 Å². The second-order valence-corrected chi connectivity index (χ2v) is 7.96. The maximum absolute atomic E-state index is 13.9. The molecule has 32 heavy (non-hydrogen) atoms. The standard InChI is InChI=1S/C22H19F5N2O3/c23-17-7-3-5-15(18(17)24)19(30)28-10-8-21(9-11-28)13-29(20(31)32-21)12-14-4-1-2-6-16(14)22(25,26)27/h1-7H,8-13H2. The van der Waals surface area contributed by atoms with Crippen LogP contribution in [0.2, 0.25) is 0 Å². The van der Waals surface area contributed by atoms with Gasteiger partial charge in [0, 0.05) is 32.5 Å². The number of piperidine rings is 1. The Morgan fingerprint density at radius 3 is 2.41 bits per heavy atom. The first kappa shape index (κ1) is 22.0. The highest BCUT2D eigenvalue weighted by atomic mass is 19.4. The third-order valence-electron chi connectivity index (χ3n) is 5.87.